The Morgan fingerprint density at radius 1 is 1.21 bits per heavy atom. The van der Waals surface area contributed by atoms with Crippen LogP contribution in [0.2, 0.25) is 5.02 Å². The van der Waals surface area contributed by atoms with E-state index in [9.17, 15) is 9.90 Å². The van der Waals surface area contributed by atoms with Gasteiger partial charge < -0.3 is 9.84 Å². The molecular weight excluding hydrogens is 440 g/mol. The highest BCUT2D eigenvalue weighted by molar-refractivity contribution is 9.10. The minimum Gasteiger partial charge on any atom is -0.508 e. The van der Waals surface area contributed by atoms with E-state index in [0.717, 1.165) is 27.6 Å². The number of rotatable bonds is 9. The number of benzene rings is 2. The maximum atomic E-state index is 12.0. The molecule has 5 heteroatoms. The van der Waals surface area contributed by atoms with Crippen LogP contribution >= 0.6 is 27.5 Å². The molecule has 0 aromatic heterocycles. The molecule has 0 aliphatic rings. The lowest BCUT2D eigenvalue weighted by molar-refractivity contribution is -0.121. The summed E-state index contributed by atoms with van der Waals surface area (Å²) in [6.07, 6.45) is 2.14. The van der Waals surface area contributed by atoms with Gasteiger partial charge in [-0.3, -0.25) is 4.79 Å². The summed E-state index contributed by atoms with van der Waals surface area (Å²) in [5.41, 5.74) is 2.94. The van der Waals surface area contributed by atoms with Crippen molar-refractivity contribution in [2.24, 2.45) is 5.92 Å². The number of aromatic hydroxyl groups is 1. The largest absolute Gasteiger partial charge is 0.508 e. The van der Waals surface area contributed by atoms with E-state index in [2.05, 4.69) is 43.6 Å². The first-order valence-corrected chi connectivity index (χ1v) is 10.8. The van der Waals surface area contributed by atoms with Crippen molar-refractivity contribution in [3.05, 3.63) is 56.5 Å². The summed E-state index contributed by atoms with van der Waals surface area (Å²) < 4.78 is 6.49. The van der Waals surface area contributed by atoms with Crippen LogP contribution in [0.1, 0.15) is 63.1 Å². The van der Waals surface area contributed by atoms with E-state index in [4.69, 9.17) is 16.3 Å². The van der Waals surface area contributed by atoms with Gasteiger partial charge in [-0.05, 0) is 46.7 Å². The van der Waals surface area contributed by atoms with Crippen LogP contribution in [0, 0.1) is 5.92 Å². The molecule has 152 valence electrons. The minimum absolute atomic E-state index is 0.0577. The van der Waals surface area contributed by atoms with Gasteiger partial charge >= 0.3 is 0 Å². The molecule has 0 spiro atoms. The molecule has 1 unspecified atom stereocenters. The number of carbonyl (C=O) groups is 1. The Bertz CT molecular complexity index is 810. The molecule has 0 bridgehead atoms. The summed E-state index contributed by atoms with van der Waals surface area (Å²) in [4.78, 5) is 12.0. The van der Waals surface area contributed by atoms with Gasteiger partial charge in [-0.15, -0.1) is 0 Å². The summed E-state index contributed by atoms with van der Waals surface area (Å²) in [5, 5.41) is 10.6. The Morgan fingerprint density at radius 3 is 2.54 bits per heavy atom. The summed E-state index contributed by atoms with van der Waals surface area (Å²) in [6.45, 7) is 8.30. The van der Waals surface area contributed by atoms with Crippen LogP contribution in [0.5, 0.6) is 11.5 Å². The Hall–Kier alpha value is -1.52. The lowest BCUT2D eigenvalue weighted by Crippen LogP contribution is -2.14. The van der Waals surface area contributed by atoms with Gasteiger partial charge in [0, 0.05) is 22.3 Å². The fraction of sp³-hybridized carbons (Fsp3) is 0.435. The normalized spacial score (nSPS) is 12.2. The van der Waals surface area contributed by atoms with Crippen molar-refractivity contribution in [1.82, 2.24) is 0 Å². The van der Waals surface area contributed by atoms with E-state index in [0.29, 0.717) is 35.3 Å². The number of carbonyl (C=O) groups excluding carboxylic acids is 1. The predicted octanol–water partition coefficient (Wildman–Crippen LogP) is 6.91. The highest BCUT2D eigenvalue weighted by Crippen LogP contribution is 2.34. The molecular formula is C23H28BrClO3. The van der Waals surface area contributed by atoms with Crippen LogP contribution in [0.25, 0.3) is 0 Å². The third-order valence-electron chi connectivity index (χ3n) is 4.88. The molecule has 0 saturated heterocycles. The SMILES string of the molecule is CCC(C)CC(=O)COc1cc(Cl)c(Cc2ccc(O)c(C(C)C)c2)c(Br)c1. The second-order valence-electron chi connectivity index (χ2n) is 7.64. The number of phenolic OH excluding ortho intramolecular Hbond substituents is 1. The van der Waals surface area contributed by atoms with Crippen molar-refractivity contribution in [3.8, 4) is 11.5 Å². The fourth-order valence-electron chi connectivity index (χ4n) is 2.97. The van der Waals surface area contributed by atoms with Crippen LogP contribution in [-0.2, 0) is 11.2 Å². The van der Waals surface area contributed by atoms with E-state index in [1.54, 1.807) is 12.1 Å². The summed E-state index contributed by atoms with van der Waals surface area (Å²) in [6, 6.07) is 9.25. The quantitative estimate of drug-likeness (QED) is 0.436. The highest BCUT2D eigenvalue weighted by atomic mass is 79.9. The van der Waals surface area contributed by atoms with Gasteiger partial charge in [0.2, 0.25) is 0 Å². The molecule has 3 nitrogen and oxygen atoms in total. The van der Waals surface area contributed by atoms with Gasteiger partial charge in [0.25, 0.3) is 0 Å². The number of hydrogen-bond donors (Lipinski definition) is 1. The molecule has 0 fully saturated rings. The van der Waals surface area contributed by atoms with E-state index >= 15 is 0 Å². The molecule has 0 saturated carbocycles. The van der Waals surface area contributed by atoms with E-state index in [1.807, 2.05) is 18.2 Å². The number of phenols is 1. The van der Waals surface area contributed by atoms with Crippen molar-refractivity contribution in [2.45, 2.75) is 52.9 Å². The van der Waals surface area contributed by atoms with E-state index < -0.39 is 0 Å². The zero-order valence-corrected chi connectivity index (χ0v) is 19.2. The third-order valence-corrected chi connectivity index (χ3v) is 5.93. The van der Waals surface area contributed by atoms with Crippen molar-refractivity contribution >= 4 is 33.3 Å². The zero-order valence-electron chi connectivity index (χ0n) is 16.9. The molecule has 0 heterocycles. The first-order valence-electron chi connectivity index (χ1n) is 9.65. The van der Waals surface area contributed by atoms with Crippen LogP contribution in [0.15, 0.2) is 34.8 Å². The fourth-order valence-corrected chi connectivity index (χ4v) is 3.94. The zero-order chi connectivity index (χ0) is 20.8. The van der Waals surface area contributed by atoms with Crippen LogP contribution < -0.4 is 4.74 Å². The summed E-state index contributed by atoms with van der Waals surface area (Å²) in [5.74, 6) is 1.59. The molecule has 2 rings (SSSR count). The Labute approximate surface area is 181 Å². The maximum absolute atomic E-state index is 12.0. The van der Waals surface area contributed by atoms with Gasteiger partial charge in [-0.25, -0.2) is 0 Å². The Morgan fingerprint density at radius 2 is 1.93 bits per heavy atom. The summed E-state index contributed by atoms with van der Waals surface area (Å²) >= 11 is 10.1. The highest BCUT2D eigenvalue weighted by Gasteiger charge is 2.14. The predicted molar refractivity (Wildman–Crippen MR) is 119 cm³/mol. The molecule has 0 aliphatic carbocycles. The molecule has 28 heavy (non-hydrogen) atoms. The lowest BCUT2D eigenvalue weighted by Gasteiger charge is -2.14. The van der Waals surface area contributed by atoms with Crippen LogP contribution in [0.3, 0.4) is 0 Å². The molecule has 2 aromatic carbocycles. The standard InChI is InChI=1S/C23H28BrClO3/c1-5-15(4)8-17(26)13-28-18-11-21(24)20(22(25)12-18)10-16-6-7-23(27)19(9-16)14(2)3/h6-7,9,11-12,14-15,27H,5,8,10,13H2,1-4H3. The van der Waals surface area contributed by atoms with E-state index in [1.165, 1.54) is 0 Å². The van der Waals surface area contributed by atoms with Gasteiger partial charge in [-0.1, -0.05) is 73.8 Å². The topological polar surface area (TPSA) is 46.5 Å². The molecule has 0 radical (unpaired) electrons. The molecule has 0 aliphatic heterocycles. The van der Waals surface area contributed by atoms with Gasteiger partial charge in [0.15, 0.2) is 5.78 Å². The van der Waals surface area contributed by atoms with Gasteiger partial charge in [-0.2, -0.15) is 0 Å². The van der Waals surface area contributed by atoms with Gasteiger partial charge in [0.1, 0.15) is 18.1 Å². The Kier molecular flexibility index (Phi) is 8.38. The first kappa shape index (κ1) is 22.8. The van der Waals surface area contributed by atoms with Crippen molar-refractivity contribution < 1.29 is 14.6 Å². The number of halogens is 2. The van der Waals surface area contributed by atoms with Crippen molar-refractivity contribution in [3.63, 3.8) is 0 Å². The van der Waals surface area contributed by atoms with Gasteiger partial charge in [0.05, 0.1) is 0 Å². The monoisotopic (exact) mass is 466 g/mol. The summed E-state index contributed by atoms with van der Waals surface area (Å²) in [7, 11) is 0. The average molecular weight is 468 g/mol. The van der Waals surface area contributed by atoms with Crippen molar-refractivity contribution in [2.75, 3.05) is 6.61 Å². The van der Waals surface area contributed by atoms with E-state index in [-0.39, 0.29) is 18.3 Å². The number of hydrogen-bond acceptors (Lipinski definition) is 3. The average Bonchev–Trinajstić information content (AvgIpc) is 2.63. The third kappa shape index (κ3) is 6.25. The molecule has 1 atom stereocenters. The number of ketones is 1. The number of Topliss-reactive ketones (excluding diaryl/α,β-unsaturated/α-hetero) is 1. The second kappa shape index (κ2) is 10.3. The molecule has 0 amide bonds. The Balaban J connectivity index is 2.12. The maximum Gasteiger partial charge on any atom is 0.170 e. The molecule has 2 aromatic rings. The smallest absolute Gasteiger partial charge is 0.170 e. The van der Waals surface area contributed by atoms with Crippen molar-refractivity contribution in [1.29, 1.82) is 0 Å². The van der Waals surface area contributed by atoms with Crippen LogP contribution in [0.4, 0.5) is 0 Å². The number of ether oxygens (including phenoxy) is 1. The minimum atomic E-state index is 0.0577. The molecule has 1 N–H and O–H groups in total. The first-order chi connectivity index (χ1) is 13.2. The second-order valence-corrected chi connectivity index (χ2v) is 8.90. The van der Waals surface area contributed by atoms with Crippen LogP contribution in [-0.4, -0.2) is 17.5 Å². The lowest BCUT2D eigenvalue weighted by atomic mass is 9.96.